The summed E-state index contributed by atoms with van der Waals surface area (Å²) in [5.74, 6) is 0.958. The summed E-state index contributed by atoms with van der Waals surface area (Å²) in [5, 5.41) is 3.50. The second-order valence-electron chi connectivity index (χ2n) is 6.09. The van der Waals surface area contributed by atoms with Crippen LogP contribution >= 0.6 is 0 Å². The van der Waals surface area contributed by atoms with Gasteiger partial charge in [-0.3, -0.25) is 0 Å². The summed E-state index contributed by atoms with van der Waals surface area (Å²) in [5.41, 5.74) is 1.55. The fraction of sp³-hybridized carbons (Fsp3) is 0.647. The van der Waals surface area contributed by atoms with Crippen LogP contribution in [0.25, 0.3) is 0 Å². The molecule has 108 valence electrons. The number of rotatable bonds is 7. The normalized spacial score (nSPS) is 11.9. The summed E-state index contributed by atoms with van der Waals surface area (Å²) in [6.45, 7) is 12.7. The highest BCUT2D eigenvalue weighted by Crippen LogP contribution is 2.24. The zero-order valence-corrected chi connectivity index (χ0v) is 13.1. The predicted octanol–water partition coefficient (Wildman–Crippen LogP) is 4.14. The Hall–Kier alpha value is -1.02. The summed E-state index contributed by atoms with van der Waals surface area (Å²) >= 11 is 0. The molecular formula is C17H29NO. The van der Waals surface area contributed by atoms with Crippen molar-refractivity contribution in [2.45, 2.75) is 58.9 Å². The first-order valence-corrected chi connectivity index (χ1v) is 7.44. The maximum absolute atomic E-state index is 5.75. The van der Waals surface area contributed by atoms with E-state index in [1.807, 2.05) is 0 Å². The van der Waals surface area contributed by atoms with Crippen LogP contribution in [0.3, 0.4) is 0 Å². The van der Waals surface area contributed by atoms with Crippen LogP contribution < -0.4 is 10.1 Å². The topological polar surface area (TPSA) is 21.3 Å². The Morgan fingerprint density at radius 1 is 1.05 bits per heavy atom. The van der Waals surface area contributed by atoms with Crippen molar-refractivity contribution in [1.82, 2.24) is 5.32 Å². The maximum Gasteiger partial charge on any atom is 0.119 e. The van der Waals surface area contributed by atoms with Crippen molar-refractivity contribution in [3.63, 3.8) is 0 Å². The Balaban J connectivity index is 2.34. The summed E-state index contributed by atoms with van der Waals surface area (Å²) in [4.78, 5) is 0. The Kier molecular flexibility index (Phi) is 6.36. The molecule has 0 bridgehead atoms. The summed E-state index contributed by atoms with van der Waals surface area (Å²) in [7, 11) is 0. The standard InChI is InChI=1S/C17H29NO/c1-6-15(7-2)18-12-13-19-16-10-8-14(9-11-16)17(3,4)5/h8-11,15,18H,6-7,12-13H2,1-5H3. The second-order valence-corrected chi connectivity index (χ2v) is 6.09. The third-order valence-electron chi connectivity index (χ3n) is 3.51. The minimum absolute atomic E-state index is 0.204. The molecule has 0 aliphatic rings. The predicted molar refractivity (Wildman–Crippen MR) is 83.0 cm³/mol. The van der Waals surface area contributed by atoms with E-state index < -0.39 is 0 Å². The van der Waals surface area contributed by atoms with E-state index in [9.17, 15) is 0 Å². The average Bonchev–Trinajstić information content (AvgIpc) is 2.38. The molecule has 0 spiro atoms. The first-order valence-electron chi connectivity index (χ1n) is 7.44. The lowest BCUT2D eigenvalue weighted by molar-refractivity contribution is 0.302. The largest absolute Gasteiger partial charge is 0.492 e. The lowest BCUT2D eigenvalue weighted by Gasteiger charge is -2.19. The van der Waals surface area contributed by atoms with Gasteiger partial charge in [0.2, 0.25) is 0 Å². The molecule has 0 aromatic heterocycles. The first-order chi connectivity index (χ1) is 8.97. The van der Waals surface area contributed by atoms with Crippen molar-refractivity contribution in [1.29, 1.82) is 0 Å². The van der Waals surface area contributed by atoms with E-state index >= 15 is 0 Å². The van der Waals surface area contributed by atoms with Crippen LogP contribution in [0.15, 0.2) is 24.3 Å². The Labute approximate surface area is 118 Å². The molecule has 0 fully saturated rings. The number of nitrogens with one attached hydrogen (secondary N) is 1. The van der Waals surface area contributed by atoms with Crippen LogP contribution in [-0.2, 0) is 5.41 Å². The van der Waals surface area contributed by atoms with E-state index in [4.69, 9.17) is 4.74 Å². The molecule has 2 heteroatoms. The van der Waals surface area contributed by atoms with E-state index in [-0.39, 0.29) is 5.41 Å². The van der Waals surface area contributed by atoms with Crippen molar-refractivity contribution in [3.05, 3.63) is 29.8 Å². The van der Waals surface area contributed by atoms with E-state index in [1.54, 1.807) is 0 Å². The molecule has 0 unspecified atom stereocenters. The second kappa shape index (κ2) is 7.54. The quantitative estimate of drug-likeness (QED) is 0.746. The van der Waals surface area contributed by atoms with E-state index in [0.29, 0.717) is 6.04 Å². The van der Waals surface area contributed by atoms with Gasteiger partial charge in [-0.05, 0) is 36.0 Å². The summed E-state index contributed by atoms with van der Waals surface area (Å²) in [6.07, 6.45) is 2.35. The number of hydrogen-bond acceptors (Lipinski definition) is 2. The molecule has 0 atom stereocenters. The minimum Gasteiger partial charge on any atom is -0.492 e. The molecule has 0 aliphatic heterocycles. The zero-order chi connectivity index (χ0) is 14.3. The van der Waals surface area contributed by atoms with Crippen LogP contribution in [-0.4, -0.2) is 19.2 Å². The SMILES string of the molecule is CCC(CC)NCCOc1ccc(C(C)(C)C)cc1. The van der Waals surface area contributed by atoms with Gasteiger partial charge in [-0.25, -0.2) is 0 Å². The van der Waals surface area contributed by atoms with Crippen molar-refractivity contribution in [2.75, 3.05) is 13.2 Å². The van der Waals surface area contributed by atoms with Crippen molar-refractivity contribution < 1.29 is 4.74 Å². The Bertz CT molecular complexity index is 347. The van der Waals surface area contributed by atoms with E-state index in [2.05, 4.69) is 64.2 Å². The first kappa shape index (κ1) is 16.0. The van der Waals surface area contributed by atoms with Crippen LogP contribution in [0, 0.1) is 0 Å². The molecule has 0 radical (unpaired) electrons. The van der Waals surface area contributed by atoms with Gasteiger partial charge in [-0.1, -0.05) is 46.8 Å². The molecule has 0 saturated heterocycles. The average molecular weight is 263 g/mol. The van der Waals surface area contributed by atoms with Gasteiger partial charge in [0, 0.05) is 12.6 Å². The Morgan fingerprint density at radius 2 is 1.63 bits per heavy atom. The third kappa shape index (κ3) is 5.65. The molecule has 0 heterocycles. The molecular weight excluding hydrogens is 234 g/mol. The van der Waals surface area contributed by atoms with Crippen molar-refractivity contribution in [3.8, 4) is 5.75 Å². The van der Waals surface area contributed by atoms with Crippen molar-refractivity contribution in [2.24, 2.45) is 0 Å². The van der Waals surface area contributed by atoms with Gasteiger partial charge < -0.3 is 10.1 Å². The van der Waals surface area contributed by atoms with E-state index in [0.717, 1.165) is 18.9 Å². The fourth-order valence-corrected chi connectivity index (χ4v) is 2.06. The minimum atomic E-state index is 0.204. The van der Waals surface area contributed by atoms with Crippen LogP contribution in [0.1, 0.15) is 53.0 Å². The van der Waals surface area contributed by atoms with Crippen molar-refractivity contribution >= 4 is 0 Å². The van der Waals surface area contributed by atoms with E-state index in [1.165, 1.54) is 18.4 Å². The highest BCUT2D eigenvalue weighted by atomic mass is 16.5. The zero-order valence-electron chi connectivity index (χ0n) is 13.1. The molecule has 2 nitrogen and oxygen atoms in total. The molecule has 0 amide bonds. The molecule has 0 aliphatic carbocycles. The van der Waals surface area contributed by atoms with Gasteiger partial charge >= 0.3 is 0 Å². The highest BCUT2D eigenvalue weighted by Gasteiger charge is 2.12. The van der Waals surface area contributed by atoms with Gasteiger partial charge in [-0.2, -0.15) is 0 Å². The van der Waals surface area contributed by atoms with Gasteiger partial charge in [0.1, 0.15) is 12.4 Å². The van der Waals surface area contributed by atoms with Gasteiger partial charge in [-0.15, -0.1) is 0 Å². The molecule has 1 aromatic carbocycles. The van der Waals surface area contributed by atoms with Gasteiger partial charge in [0.05, 0.1) is 0 Å². The molecule has 0 saturated carbocycles. The third-order valence-corrected chi connectivity index (χ3v) is 3.51. The van der Waals surface area contributed by atoms with Gasteiger partial charge in [0.15, 0.2) is 0 Å². The fourth-order valence-electron chi connectivity index (χ4n) is 2.06. The number of hydrogen-bond donors (Lipinski definition) is 1. The monoisotopic (exact) mass is 263 g/mol. The number of benzene rings is 1. The molecule has 19 heavy (non-hydrogen) atoms. The smallest absolute Gasteiger partial charge is 0.119 e. The summed E-state index contributed by atoms with van der Waals surface area (Å²) in [6, 6.07) is 9.06. The maximum atomic E-state index is 5.75. The van der Waals surface area contributed by atoms with Gasteiger partial charge in [0.25, 0.3) is 0 Å². The molecule has 1 N–H and O–H groups in total. The molecule has 1 rings (SSSR count). The van der Waals surface area contributed by atoms with Crippen LogP contribution in [0.2, 0.25) is 0 Å². The van der Waals surface area contributed by atoms with Crippen LogP contribution in [0.4, 0.5) is 0 Å². The lowest BCUT2D eigenvalue weighted by Crippen LogP contribution is -2.31. The molecule has 1 aromatic rings. The Morgan fingerprint density at radius 3 is 2.11 bits per heavy atom. The lowest BCUT2D eigenvalue weighted by atomic mass is 9.87. The summed E-state index contributed by atoms with van der Waals surface area (Å²) < 4.78 is 5.75. The number of ether oxygens (including phenoxy) is 1. The highest BCUT2D eigenvalue weighted by molar-refractivity contribution is 5.31. The van der Waals surface area contributed by atoms with Crippen LogP contribution in [0.5, 0.6) is 5.75 Å².